The number of rotatable bonds is 4. The molecule has 1 aliphatic heterocycles. The molecular weight excluding hydrogens is 306 g/mol. The summed E-state index contributed by atoms with van der Waals surface area (Å²) >= 11 is 1.47. The summed E-state index contributed by atoms with van der Waals surface area (Å²) in [5.41, 5.74) is 3.39. The molecule has 1 aliphatic rings. The molecule has 1 atom stereocenters. The minimum atomic E-state index is -0.133. The van der Waals surface area contributed by atoms with Crippen molar-refractivity contribution in [2.75, 3.05) is 0 Å². The lowest BCUT2D eigenvalue weighted by Gasteiger charge is -2.06. The fraction of sp³-hybridized carbons (Fsp3) is 0.278. The molecule has 2 heterocycles. The molecule has 1 N–H and O–H groups in total. The van der Waals surface area contributed by atoms with Gasteiger partial charge in [-0.05, 0) is 43.0 Å². The number of hydrogen-bond acceptors (Lipinski definition) is 4. The molecule has 1 amide bonds. The topological polar surface area (TPSA) is 54.4 Å². The number of pyridine rings is 1. The second kappa shape index (κ2) is 6.96. The Bertz CT molecular complexity index is 740. The Morgan fingerprint density at radius 2 is 1.91 bits per heavy atom. The highest BCUT2D eigenvalue weighted by molar-refractivity contribution is 8.15. The van der Waals surface area contributed by atoms with Crippen molar-refractivity contribution in [3.05, 3.63) is 59.3 Å². The number of aliphatic imine (C=N–C) groups is 1. The van der Waals surface area contributed by atoms with Crippen molar-refractivity contribution < 1.29 is 4.79 Å². The van der Waals surface area contributed by atoms with Gasteiger partial charge in [-0.25, -0.2) is 9.98 Å². The number of carbonyl (C=O) groups is 1. The third-order valence-electron chi connectivity index (χ3n) is 3.72. The molecule has 5 heteroatoms. The van der Waals surface area contributed by atoms with Gasteiger partial charge in [0.2, 0.25) is 5.91 Å². The number of benzene rings is 1. The first-order valence-corrected chi connectivity index (χ1v) is 8.59. The third-order valence-corrected chi connectivity index (χ3v) is 4.80. The van der Waals surface area contributed by atoms with E-state index in [1.165, 1.54) is 22.9 Å². The standard InChI is InChI=1S/C18H19N3OS/c1-3-13-7-9-14(10-8-13)11-15-17(22)21-18(23-15)20-16-6-4-5-12(2)19-16/h4-10,15H,3,11H2,1-2H3,(H,19,20,21,22). The summed E-state index contributed by atoms with van der Waals surface area (Å²) in [6.07, 6.45) is 1.74. The van der Waals surface area contributed by atoms with Crippen molar-refractivity contribution in [2.24, 2.45) is 4.99 Å². The fourth-order valence-corrected chi connectivity index (χ4v) is 3.43. The Kier molecular flexibility index (Phi) is 4.76. The van der Waals surface area contributed by atoms with Crippen LogP contribution in [0.3, 0.4) is 0 Å². The van der Waals surface area contributed by atoms with Gasteiger partial charge in [-0.1, -0.05) is 49.0 Å². The molecule has 1 aromatic carbocycles. The van der Waals surface area contributed by atoms with E-state index in [2.05, 4.69) is 46.5 Å². The van der Waals surface area contributed by atoms with Crippen LogP contribution in [-0.2, 0) is 17.6 Å². The van der Waals surface area contributed by atoms with Crippen molar-refractivity contribution in [1.29, 1.82) is 0 Å². The van der Waals surface area contributed by atoms with Gasteiger partial charge >= 0.3 is 0 Å². The number of nitrogens with one attached hydrogen (secondary N) is 1. The molecule has 118 valence electrons. The van der Waals surface area contributed by atoms with E-state index in [4.69, 9.17) is 0 Å². The van der Waals surface area contributed by atoms with Gasteiger partial charge in [0.25, 0.3) is 0 Å². The smallest absolute Gasteiger partial charge is 0.239 e. The van der Waals surface area contributed by atoms with E-state index in [0.717, 1.165) is 12.1 Å². The number of thioether (sulfide) groups is 1. The molecule has 2 aromatic rings. The van der Waals surface area contributed by atoms with Gasteiger partial charge in [-0.2, -0.15) is 0 Å². The molecule has 3 rings (SSSR count). The van der Waals surface area contributed by atoms with E-state index >= 15 is 0 Å². The number of hydrogen-bond donors (Lipinski definition) is 1. The van der Waals surface area contributed by atoms with Crippen LogP contribution in [0.1, 0.15) is 23.7 Å². The minimum Gasteiger partial charge on any atom is -0.304 e. The lowest BCUT2D eigenvalue weighted by Crippen LogP contribution is -2.25. The Labute approximate surface area is 140 Å². The van der Waals surface area contributed by atoms with Gasteiger partial charge in [0.1, 0.15) is 0 Å². The predicted molar refractivity (Wildman–Crippen MR) is 95.1 cm³/mol. The average Bonchev–Trinajstić information content (AvgIpc) is 2.87. The number of aromatic nitrogens is 1. The van der Waals surface area contributed by atoms with E-state index in [9.17, 15) is 4.79 Å². The van der Waals surface area contributed by atoms with Crippen molar-refractivity contribution in [1.82, 2.24) is 10.3 Å². The van der Waals surface area contributed by atoms with E-state index in [1.807, 2.05) is 25.1 Å². The van der Waals surface area contributed by atoms with Crippen molar-refractivity contribution >= 4 is 28.7 Å². The van der Waals surface area contributed by atoms with Gasteiger partial charge in [0.15, 0.2) is 11.0 Å². The lowest BCUT2D eigenvalue weighted by atomic mass is 10.1. The average molecular weight is 325 g/mol. The van der Waals surface area contributed by atoms with Crippen LogP contribution in [0.2, 0.25) is 0 Å². The molecular formula is C18H19N3OS. The van der Waals surface area contributed by atoms with Gasteiger partial charge in [0.05, 0.1) is 5.25 Å². The predicted octanol–water partition coefficient (Wildman–Crippen LogP) is 3.41. The largest absolute Gasteiger partial charge is 0.304 e. The van der Waals surface area contributed by atoms with Crippen LogP contribution in [-0.4, -0.2) is 21.3 Å². The summed E-state index contributed by atoms with van der Waals surface area (Å²) in [7, 11) is 0. The Morgan fingerprint density at radius 1 is 1.17 bits per heavy atom. The molecule has 23 heavy (non-hydrogen) atoms. The zero-order chi connectivity index (χ0) is 16.2. The van der Waals surface area contributed by atoms with Gasteiger partial charge < -0.3 is 5.32 Å². The highest BCUT2D eigenvalue weighted by atomic mass is 32.2. The Morgan fingerprint density at radius 3 is 2.61 bits per heavy atom. The first kappa shape index (κ1) is 15.7. The van der Waals surface area contributed by atoms with E-state index in [-0.39, 0.29) is 11.2 Å². The van der Waals surface area contributed by atoms with Gasteiger partial charge in [0, 0.05) is 5.69 Å². The lowest BCUT2D eigenvalue weighted by molar-refractivity contribution is -0.118. The van der Waals surface area contributed by atoms with Crippen LogP contribution < -0.4 is 5.32 Å². The van der Waals surface area contributed by atoms with E-state index in [0.29, 0.717) is 17.4 Å². The maximum atomic E-state index is 12.1. The van der Waals surface area contributed by atoms with E-state index in [1.54, 1.807) is 0 Å². The summed E-state index contributed by atoms with van der Waals surface area (Å²) in [6.45, 7) is 4.06. The van der Waals surface area contributed by atoms with E-state index < -0.39 is 0 Å². The molecule has 1 unspecified atom stereocenters. The molecule has 0 saturated carbocycles. The first-order chi connectivity index (χ1) is 11.1. The van der Waals surface area contributed by atoms with Crippen molar-refractivity contribution in [3.8, 4) is 0 Å². The summed E-state index contributed by atoms with van der Waals surface area (Å²) in [5.74, 6) is 0.640. The maximum absolute atomic E-state index is 12.1. The molecule has 0 aliphatic carbocycles. The van der Waals surface area contributed by atoms with Gasteiger partial charge in [-0.15, -0.1) is 0 Å². The second-order valence-corrected chi connectivity index (χ2v) is 6.72. The molecule has 0 radical (unpaired) electrons. The second-order valence-electron chi connectivity index (χ2n) is 5.52. The van der Waals surface area contributed by atoms with Crippen molar-refractivity contribution in [2.45, 2.75) is 31.9 Å². The SMILES string of the molecule is CCc1ccc(CC2SC(=Nc3cccc(C)n3)NC2=O)cc1. The summed E-state index contributed by atoms with van der Waals surface area (Å²) in [5, 5.41) is 3.34. The molecule has 1 aromatic heterocycles. The number of nitrogens with zero attached hydrogens (tertiary/aromatic N) is 2. The first-order valence-electron chi connectivity index (χ1n) is 7.71. The molecule has 1 fully saturated rings. The van der Waals surface area contributed by atoms with Crippen LogP contribution in [0.15, 0.2) is 47.5 Å². The Hall–Kier alpha value is -2.14. The van der Waals surface area contributed by atoms with Crippen LogP contribution in [0.5, 0.6) is 0 Å². The zero-order valence-electron chi connectivity index (χ0n) is 13.2. The monoisotopic (exact) mass is 325 g/mol. The molecule has 4 nitrogen and oxygen atoms in total. The van der Waals surface area contributed by atoms with Crippen LogP contribution in [0.4, 0.5) is 5.82 Å². The van der Waals surface area contributed by atoms with Crippen LogP contribution in [0, 0.1) is 6.92 Å². The highest BCUT2D eigenvalue weighted by Gasteiger charge is 2.30. The Balaban J connectivity index is 1.69. The fourth-order valence-electron chi connectivity index (χ4n) is 2.41. The molecule has 0 spiro atoms. The quantitative estimate of drug-likeness (QED) is 0.937. The summed E-state index contributed by atoms with van der Waals surface area (Å²) < 4.78 is 0. The number of amidine groups is 1. The summed E-state index contributed by atoms with van der Waals surface area (Å²) in [4.78, 5) is 20.9. The minimum absolute atomic E-state index is 0.0148. The van der Waals surface area contributed by atoms with Crippen LogP contribution in [0.25, 0.3) is 0 Å². The third kappa shape index (κ3) is 3.99. The normalized spacial score (nSPS) is 19.1. The number of aryl methyl sites for hydroxylation is 2. The highest BCUT2D eigenvalue weighted by Crippen LogP contribution is 2.25. The molecule has 0 bridgehead atoms. The number of carbonyl (C=O) groups excluding carboxylic acids is 1. The maximum Gasteiger partial charge on any atom is 0.239 e. The zero-order valence-corrected chi connectivity index (χ0v) is 14.1. The van der Waals surface area contributed by atoms with Gasteiger partial charge in [-0.3, -0.25) is 4.79 Å². The van der Waals surface area contributed by atoms with Crippen LogP contribution >= 0.6 is 11.8 Å². The van der Waals surface area contributed by atoms with Crippen molar-refractivity contribution in [3.63, 3.8) is 0 Å². The molecule has 1 saturated heterocycles. The number of amides is 1. The summed E-state index contributed by atoms with van der Waals surface area (Å²) in [6, 6.07) is 14.1.